The van der Waals surface area contributed by atoms with E-state index in [-0.39, 0.29) is 37.9 Å². The number of aryl methyl sites for hydroxylation is 2. The number of esters is 2. The minimum absolute atomic E-state index is 0.0108. The molecule has 2 rings (SSSR count). The lowest BCUT2D eigenvalue weighted by atomic mass is 9.88. The first-order valence-electron chi connectivity index (χ1n) is 24.0. The molecule has 1 heterocycles. The number of phosphoric ester groups is 1. The Hall–Kier alpha value is -2.09. The van der Waals surface area contributed by atoms with Gasteiger partial charge in [0.15, 0.2) is 6.10 Å². The third-order valence-corrected chi connectivity index (χ3v) is 13.1. The van der Waals surface area contributed by atoms with Gasteiger partial charge in [0, 0.05) is 38.0 Å². The molecule has 14 heteroatoms. The number of hydrogen-bond acceptors (Lipinski definition) is 11. The molecule has 62 heavy (non-hydrogen) atoms. The maximum absolute atomic E-state index is 12.8. The molecule has 1 fully saturated rings. The summed E-state index contributed by atoms with van der Waals surface area (Å²) in [6, 6.07) is 0. The monoisotopic (exact) mass is 901 g/mol. The predicted octanol–water partition coefficient (Wildman–Crippen LogP) is 9.39. The van der Waals surface area contributed by atoms with Crippen LogP contribution in [0.1, 0.15) is 171 Å². The topological polar surface area (TPSA) is 182 Å². The zero-order valence-corrected chi connectivity index (χ0v) is 40.6. The van der Waals surface area contributed by atoms with Crippen LogP contribution in [-0.2, 0) is 45.5 Å². The van der Waals surface area contributed by atoms with Gasteiger partial charge in [-0.25, -0.2) is 4.57 Å². The molecule has 360 valence electrons. The highest BCUT2D eigenvalue weighted by molar-refractivity contribution is 7.47. The molecule has 13 nitrogen and oxygen atoms in total. The van der Waals surface area contributed by atoms with Crippen molar-refractivity contribution in [2.75, 3.05) is 47.5 Å². The van der Waals surface area contributed by atoms with Gasteiger partial charge in [0.1, 0.15) is 31.3 Å². The van der Waals surface area contributed by atoms with Crippen LogP contribution < -0.4 is 0 Å². The smallest absolute Gasteiger partial charge is 0.466 e. The van der Waals surface area contributed by atoms with Crippen molar-refractivity contribution in [3.63, 3.8) is 0 Å². The van der Waals surface area contributed by atoms with Crippen molar-refractivity contribution in [1.29, 1.82) is 0 Å². The van der Waals surface area contributed by atoms with Crippen molar-refractivity contribution in [1.82, 2.24) is 0 Å². The molecule has 0 aliphatic heterocycles. The number of furan rings is 1. The summed E-state index contributed by atoms with van der Waals surface area (Å²) in [6.07, 6.45) is 20.2. The van der Waals surface area contributed by atoms with Crippen molar-refractivity contribution < 1.29 is 61.8 Å². The number of nitrogens with zero attached hydrogens (tertiary/aromatic N) is 1. The lowest BCUT2D eigenvalue weighted by molar-refractivity contribution is -0.870. The zero-order chi connectivity index (χ0) is 46.0. The molecule has 0 aromatic carbocycles. The summed E-state index contributed by atoms with van der Waals surface area (Å²) in [5.41, 5.74) is 2.57. The Morgan fingerprint density at radius 2 is 1.34 bits per heavy atom. The minimum Gasteiger partial charge on any atom is -0.466 e. The molecule has 0 spiro atoms. The van der Waals surface area contributed by atoms with E-state index in [9.17, 15) is 34.4 Å². The van der Waals surface area contributed by atoms with E-state index in [1.165, 1.54) is 24.0 Å². The summed E-state index contributed by atoms with van der Waals surface area (Å²) in [5, 5.41) is 31.5. The molecule has 0 saturated heterocycles. The quantitative estimate of drug-likeness (QED) is 0.0165. The molecule has 1 aliphatic carbocycles. The van der Waals surface area contributed by atoms with Gasteiger partial charge in [-0.2, -0.15) is 0 Å². The Kier molecular flexibility index (Phi) is 28.0. The van der Waals surface area contributed by atoms with Gasteiger partial charge < -0.3 is 38.6 Å². The third kappa shape index (κ3) is 24.3. The molecule has 4 N–H and O–H groups in total. The van der Waals surface area contributed by atoms with E-state index in [0.717, 1.165) is 108 Å². The maximum atomic E-state index is 12.8. The number of aliphatic hydroxyl groups is 3. The van der Waals surface area contributed by atoms with Gasteiger partial charge in [0.05, 0.1) is 46.1 Å². The fourth-order valence-corrected chi connectivity index (χ4v) is 8.74. The first kappa shape index (κ1) is 56.0. The molecule has 1 aliphatic rings. The van der Waals surface area contributed by atoms with E-state index in [1.54, 1.807) is 6.08 Å². The summed E-state index contributed by atoms with van der Waals surface area (Å²) in [7, 11) is 1.33. The van der Waals surface area contributed by atoms with Crippen molar-refractivity contribution in [3.05, 3.63) is 34.8 Å². The molecule has 0 amide bonds. The van der Waals surface area contributed by atoms with Gasteiger partial charge in [-0.15, -0.1) is 0 Å². The van der Waals surface area contributed by atoms with Crippen LogP contribution in [0.15, 0.2) is 16.6 Å². The minimum atomic E-state index is -4.45. The van der Waals surface area contributed by atoms with Gasteiger partial charge in [-0.3, -0.25) is 18.6 Å². The van der Waals surface area contributed by atoms with Gasteiger partial charge in [0.2, 0.25) is 0 Å². The molecule has 0 radical (unpaired) electrons. The molecular formula is C48H87NO12P+. The Bertz CT molecular complexity index is 1460. The zero-order valence-electron chi connectivity index (χ0n) is 39.7. The van der Waals surface area contributed by atoms with Gasteiger partial charge >= 0.3 is 19.8 Å². The van der Waals surface area contributed by atoms with Crippen molar-refractivity contribution in [2.45, 2.75) is 200 Å². The van der Waals surface area contributed by atoms with Crippen LogP contribution in [0.3, 0.4) is 0 Å². The first-order chi connectivity index (χ1) is 29.5. The maximum Gasteiger partial charge on any atom is 0.472 e. The largest absolute Gasteiger partial charge is 0.472 e. The number of aliphatic hydroxyl groups excluding tert-OH is 3. The average Bonchev–Trinajstić information content (AvgIpc) is 3.63. The van der Waals surface area contributed by atoms with E-state index >= 15 is 0 Å². The van der Waals surface area contributed by atoms with Crippen LogP contribution in [0.2, 0.25) is 0 Å². The number of likely N-dealkylation sites (N-methyl/N-ethyl adjacent to an activating group) is 1. The summed E-state index contributed by atoms with van der Waals surface area (Å²) in [4.78, 5) is 35.8. The molecule has 1 aromatic heterocycles. The Balaban J connectivity index is 1.75. The number of carbonyl (C=O) groups is 2. The lowest BCUT2D eigenvalue weighted by Crippen LogP contribution is -2.37. The number of phosphoric acid groups is 1. The number of hydrogen-bond donors (Lipinski definition) is 4. The summed E-state index contributed by atoms with van der Waals surface area (Å²) in [5.74, 6) is 0.997. The summed E-state index contributed by atoms with van der Waals surface area (Å²) in [6.45, 7) is 8.32. The van der Waals surface area contributed by atoms with E-state index < -0.39 is 50.8 Å². The third-order valence-electron chi connectivity index (χ3n) is 12.1. The fraction of sp³-hybridized carbons (Fsp3) is 0.833. The normalized spacial score (nSPS) is 20.1. The number of rotatable bonds is 36. The highest BCUT2D eigenvalue weighted by Crippen LogP contribution is 2.43. The second-order valence-electron chi connectivity index (χ2n) is 18.7. The van der Waals surface area contributed by atoms with E-state index in [2.05, 4.69) is 27.7 Å². The standard InChI is InChI=1S/C48H86NO12P/c1-8-10-18-24-39(50)30-31-42-41(43(51)34-44(42)52)25-20-16-17-22-28-47(53)57-35-40(36-59-62(55,56)58-33-32-49(5,6)7)60-48(54)29-23-15-13-12-14-21-27-46-38(4)37(3)45(61-46)26-19-11-9-2/h30-31,39-44,50-52H,8-29,32-36H2,1-7H3/p+1/b31-30+/t39-,40+,41+,42+,43-,44+/m0/s1. The van der Waals surface area contributed by atoms with Crippen LogP contribution in [0.4, 0.5) is 0 Å². The Morgan fingerprint density at radius 1 is 0.774 bits per heavy atom. The second-order valence-corrected chi connectivity index (χ2v) is 20.1. The number of quaternary nitrogens is 1. The molecule has 1 aromatic rings. The number of unbranched alkanes of at least 4 members (excludes halogenated alkanes) is 12. The summed E-state index contributed by atoms with van der Waals surface area (Å²) >= 11 is 0. The molecule has 1 unspecified atom stereocenters. The van der Waals surface area contributed by atoms with Gasteiger partial charge in [0.25, 0.3) is 0 Å². The first-order valence-corrected chi connectivity index (χ1v) is 25.5. The molecule has 7 atom stereocenters. The van der Waals surface area contributed by atoms with Gasteiger partial charge in [-0.05, 0) is 69.4 Å². The van der Waals surface area contributed by atoms with Crippen LogP contribution in [-0.4, -0.2) is 109 Å². The number of ether oxygens (including phenoxy) is 2. The van der Waals surface area contributed by atoms with Crippen molar-refractivity contribution >= 4 is 19.8 Å². The van der Waals surface area contributed by atoms with E-state index in [0.29, 0.717) is 36.7 Å². The number of carbonyl (C=O) groups excluding carboxylic acids is 2. The van der Waals surface area contributed by atoms with Crippen molar-refractivity contribution in [3.8, 4) is 0 Å². The summed E-state index contributed by atoms with van der Waals surface area (Å²) < 4.78 is 40.7. The molecular weight excluding hydrogens is 813 g/mol. The fourth-order valence-electron chi connectivity index (χ4n) is 7.99. The second kappa shape index (κ2) is 30.9. The van der Waals surface area contributed by atoms with Gasteiger partial charge in [-0.1, -0.05) is 103 Å². The molecule has 0 bridgehead atoms. The van der Waals surface area contributed by atoms with Crippen LogP contribution in [0.25, 0.3) is 0 Å². The van der Waals surface area contributed by atoms with Crippen LogP contribution in [0, 0.1) is 25.7 Å². The average molecular weight is 901 g/mol. The highest BCUT2D eigenvalue weighted by atomic mass is 31.2. The predicted molar refractivity (Wildman–Crippen MR) is 244 cm³/mol. The van der Waals surface area contributed by atoms with Crippen molar-refractivity contribution in [2.24, 2.45) is 11.8 Å². The van der Waals surface area contributed by atoms with E-state index in [1.807, 2.05) is 27.2 Å². The van der Waals surface area contributed by atoms with Crippen LogP contribution in [0.5, 0.6) is 0 Å². The highest BCUT2D eigenvalue weighted by Gasteiger charge is 2.39. The van der Waals surface area contributed by atoms with E-state index in [4.69, 9.17) is 22.9 Å². The van der Waals surface area contributed by atoms with Crippen LogP contribution >= 0.6 is 7.82 Å². The Morgan fingerprint density at radius 3 is 1.97 bits per heavy atom. The lowest BCUT2D eigenvalue weighted by Gasteiger charge is -2.24. The SMILES string of the molecule is CCCCCc1oc(CCCCCCCCC(=O)O[C@H](COC(=O)CCCCCC[C@@H]2[C@@H](/C=C/[C@@H](O)CCCCC)[C@H](O)C[C@@H]2O)COP(=O)(O)OCC[N+](C)(C)C)c(C)c1C. The molecule has 1 saturated carbocycles. The Labute approximate surface area is 374 Å².